The first-order chi connectivity index (χ1) is 27.4. The van der Waals surface area contributed by atoms with E-state index < -0.39 is 28.9 Å². The van der Waals surface area contributed by atoms with Crippen molar-refractivity contribution >= 4 is 41.6 Å². The molecule has 0 aromatic carbocycles. The third-order valence-corrected chi connectivity index (χ3v) is 10.5. The average molecular weight is 829 g/mol. The van der Waals surface area contributed by atoms with Crippen LogP contribution in [0.5, 0.6) is 0 Å². The maximum absolute atomic E-state index is 12.4. The molecule has 0 bridgehead atoms. The molecule has 4 heterocycles. The number of aliphatic carboxylic acids is 1. The zero-order valence-electron chi connectivity index (χ0n) is 36.5. The van der Waals surface area contributed by atoms with Crippen molar-refractivity contribution in [2.45, 2.75) is 128 Å². The van der Waals surface area contributed by atoms with Crippen molar-refractivity contribution < 1.29 is 62.8 Å². The molecule has 4 aromatic rings. The van der Waals surface area contributed by atoms with Gasteiger partial charge in [0.1, 0.15) is 5.60 Å². The standard InChI is InChI=1S/C23H33N5O5.C17H23N5O3.Li.H2O/c1-14-12-17(16-8-10-23(32-7,11-9-16)19(29)31-6)25-20(24-14)26-18-13-15(2)28(27-18)21(30)33-22(3,4)5;1-10-8-13(12-4-6-17(25-3,7-5-12)15(23)24)19-16(18-10)20-14-9-11(2)21-22-14;;/h12-13,16H,8-11H2,1-7H3,(H,24,25,26,27);8-9,12H,4-7H2,1-3H3,(H,23,24)(H2,18,19,20,21,22);;1H2/q;;+1;/p-1. The van der Waals surface area contributed by atoms with Crippen LogP contribution in [0.1, 0.15) is 118 Å². The minimum absolute atomic E-state index is 0. The van der Waals surface area contributed by atoms with E-state index in [1.165, 1.54) is 18.9 Å². The van der Waals surface area contributed by atoms with E-state index in [-0.39, 0.29) is 42.1 Å². The van der Waals surface area contributed by atoms with Gasteiger partial charge in [-0.2, -0.15) is 9.78 Å². The van der Waals surface area contributed by atoms with Crippen LogP contribution in [-0.4, -0.2) is 107 Å². The van der Waals surface area contributed by atoms with Crippen LogP contribution in [-0.2, 0) is 28.5 Å². The number of nitrogens with zero attached hydrogens (tertiary/aromatic N) is 7. The molecule has 60 heavy (non-hydrogen) atoms. The van der Waals surface area contributed by atoms with E-state index in [1.54, 1.807) is 40.9 Å². The van der Waals surface area contributed by atoms with Crippen molar-refractivity contribution in [3.63, 3.8) is 0 Å². The number of aromatic nitrogens is 8. The van der Waals surface area contributed by atoms with Crippen LogP contribution in [0.4, 0.5) is 28.3 Å². The topological polar surface area (TPSA) is 260 Å². The third kappa shape index (κ3) is 12.1. The Balaban J connectivity index is 0.000000320. The van der Waals surface area contributed by atoms with Gasteiger partial charge in [0.2, 0.25) is 11.9 Å². The van der Waals surface area contributed by atoms with Crippen molar-refractivity contribution in [3.05, 3.63) is 58.4 Å². The van der Waals surface area contributed by atoms with Crippen molar-refractivity contribution in [3.8, 4) is 0 Å². The summed E-state index contributed by atoms with van der Waals surface area (Å²) in [5.41, 5.74) is 2.50. The smallest absolute Gasteiger partial charge is 0.870 e. The number of esters is 1. The van der Waals surface area contributed by atoms with Crippen LogP contribution in [0, 0.1) is 27.7 Å². The van der Waals surface area contributed by atoms with Gasteiger partial charge in [0.05, 0.1) is 7.11 Å². The summed E-state index contributed by atoms with van der Waals surface area (Å²) in [6.45, 7) is 12.9. The zero-order chi connectivity index (χ0) is 42.4. The molecule has 0 spiro atoms. The number of carbonyl (C=O) groups is 3. The van der Waals surface area contributed by atoms with Gasteiger partial charge >= 0.3 is 36.9 Å². The molecule has 2 saturated carbocycles. The summed E-state index contributed by atoms with van der Waals surface area (Å²) in [7, 11) is 4.40. The molecular formula is C40H57LiN10O9. The van der Waals surface area contributed by atoms with Gasteiger partial charge in [-0.3, -0.25) is 5.10 Å². The molecule has 2 aliphatic rings. The van der Waals surface area contributed by atoms with E-state index in [4.69, 9.17) is 18.9 Å². The summed E-state index contributed by atoms with van der Waals surface area (Å²) in [5, 5.41) is 26.9. The molecule has 0 aliphatic heterocycles. The van der Waals surface area contributed by atoms with Gasteiger partial charge in [0, 0.05) is 72.4 Å². The van der Waals surface area contributed by atoms with Gasteiger partial charge in [0.25, 0.3) is 0 Å². The maximum Gasteiger partial charge on any atom is 1.00 e. The van der Waals surface area contributed by atoms with Crippen molar-refractivity contribution in [1.29, 1.82) is 0 Å². The quantitative estimate of drug-likeness (QED) is 0.132. The Kier molecular flexibility index (Phi) is 16.9. The Bertz CT molecular complexity index is 2090. The van der Waals surface area contributed by atoms with Gasteiger partial charge in [-0.1, -0.05) is 0 Å². The third-order valence-electron chi connectivity index (χ3n) is 10.5. The van der Waals surface area contributed by atoms with Gasteiger partial charge in [0.15, 0.2) is 22.8 Å². The Morgan fingerprint density at radius 3 is 1.67 bits per heavy atom. The predicted molar refractivity (Wildman–Crippen MR) is 216 cm³/mol. The van der Waals surface area contributed by atoms with E-state index in [0.717, 1.165) is 54.2 Å². The number of hydrogen-bond acceptors (Lipinski definition) is 16. The number of anilines is 4. The number of aromatic amines is 1. The first-order valence-electron chi connectivity index (χ1n) is 19.4. The van der Waals surface area contributed by atoms with Crippen molar-refractivity contribution in [2.75, 3.05) is 32.0 Å². The molecule has 0 amide bonds. The van der Waals surface area contributed by atoms with E-state index in [1.807, 2.05) is 39.0 Å². The number of H-pyrrole nitrogens is 1. The van der Waals surface area contributed by atoms with Crippen molar-refractivity contribution in [1.82, 2.24) is 39.9 Å². The monoisotopic (exact) mass is 828 g/mol. The number of carboxylic acids is 1. The SMILES string of the molecule is COC(=O)C1(OC)CCC(c2cc(C)nc(Nc3cc(C)n(C(=O)OC(C)(C)C)n3)n2)CC1.COC1(C(=O)O)CCC(c2cc(C)nc(Nc3cc(C)[nH]n3)n2)CC1.[Li+].[OH-]. The van der Waals surface area contributed by atoms with Crippen molar-refractivity contribution in [2.24, 2.45) is 0 Å². The Labute approximate surface area is 362 Å². The summed E-state index contributed by atoms with van der Waals surface area (Å²) in [4.78, 5) is 54.3. The van der Waals surface area contributed by atoms with Crippen LogP contribution in [0.25, 0.3) is 0 Å². The van der Waals surface area contributed by atoms with Crippen LogP contribution in [0.15, 0.2) is 24.3 Å². The summed E-state index contributed by atoms with van der Waals surface area (Å²) in [5.74, 6) is 1.17. The molecular weight excluding hydrogens is 771 g/mol. The second-order valence-electron chi connectivity index (χ2n) is 16.0. The molecule has 2 aliphatic carbocycles. The normalized spacial score (nSPS) is 21.2. The number of nitrogens with one attached hydrogen (secondary N) is 3. The van der Waals surface area contributed by atoms with Gasteiger partial charge in [-0.05, 0) is 112 Å². The molecule has 0 atom stereocenters. The summed E-state index contributed by atoms with van der Waals surface area (Å²) in [6, 6.07) is 7.54. The molecule has 0 unspecified atom stereocenters. The van der Waals surface area contributed by atoms with Crippen LogP contribution in [0.3, 0.4) is 0 Å². The molecule has 322 valence electrons. The number of methoxy groups -OCH3 is 3. The Morgan fingerprint density at radius 1 is 0.767 bits per heavy atom. The van der Waals surface area contributed by atoms with Gasteiger partial charge < -0.3 is 40.2 Å². The number of carboxylic acid groups (broad SMARTS) is 1. The van der Waals surface area contributed by atoms with Gasteiger partial charge in [-0.15, -0.1) is 5.10 Å². The fraction of sp³-hybridized carbons (Fsp3) is 0.575. The molecule has 19 nitrogen and oxygen atoms in total. The maximum atomic E-state index is 12.4. The van der Waals surface area contributed by atoms with Gasteiger partial charge in [-0.25, -0.2) is 34.3 Å². The summed E-state index contributed by atoms with van der Waals surface area (Å²) >= 11 is 0. The predicted octanol–water partition coefficient (Wildman–Crippen LogP) is 3.55. The second kappa shape index (κ2) is 20.6. The van der Waals surface area contributed by atoms with E-state index in [0.29, 0.717) is 54.9 Å². The Morgan fingerprint density at radius 2 is 1.25 bits per heavy atom. The number of ether oxygens (including phenoxy) is 4. The Hall–Kier alpha value is -4.93. The minimum atomic E-state index is -1.06. The summed E-state index contributed by atoms with van der Waals surface area (Å²) in [6.07, 6.45) is 4.46. The molecule has 0 saturated heterocycles. The zero-order valence-corrected chi connectivity index (χ0v) is 36.5. The number of hydrogen-bond donors (Lipinski definition) is 4. The molecule has 2 fully saturated rings. The molecule has 6 rings (SSSR count). The van der Waals surface area contributed by atoms with Crippen LogP contribution in [0.2, 0.25) is 0 Å². The fourth-order valence-corrected chi connectivity index (χ4v) is 7.40. The first kappa shape index (κ1) is 49.4. The van der Waals surface area contributed by atoms with E-state index >= 15 is 0 Å². The van der Waals surface area contributed by atoms with Crippen LogP contribution >= 0.6 is 0 Å². The number of aryl methyl sites for hydroxylation is 4. The molecule has 20 heteroatoms. The first-order valence-corrected chi connectivity index (χ1v) is 19.4. The molecule has 4 aromatic heterocycles. The largest absolute Gasteiger partial charge is 1.00 e. The molecule has 5 N–H and O–H groups in total. The molecule has 0 radical (unpaired) electrons. The summed E-state index contributed by atoms with van der Waals surface area (Å²) < 4.78 is 22.4. The van der Waals surface area contributed by atoms with Crippen LogP contribution < -0.4 is 29.5 Å². The van der Waals surface area contributed by atoms with E-state index in [9.17, 15) is 19.5 Å². The number of rotatable bonds is 10. The minimum Gasteiger partial charge on any atom is -0.870 e. The average Bonchev–Trinajstić information content (AvgIpc) is 3.76. The fourth-order valence-electron chi connectivity index (χ4n) is 7.40. The number of carbonyl (C=O) groups excluding carboxylic acids is 2. The van der Waals surface area contributed by atoms with E-state index in [2.05, 4.69) is 45.9 Å². The second-order valence-corrected chi connectivity index (χ2v) is 16.0.